The lowest BCUT2D eigenvalue weighted by molar-refractivity contribution is -0.0446. The first kappa shape index (κ1) is 14.7. The summed E-state index contributed by atoms with van der Waals surface area (Å²) in [4.78, 5) is 2.47. The van der Waals surface area contributed by atoms with Crippen LogP contribution in [-0.4, -0.2) is 49.8 Å². The lowest BCUT2D eigenvalue weighted by Gasteiger charge is -2.37. The minimum absolute atomic E-state index is 0.312. The topological polar surface area (TPSA) is 24.5 Å². The van der Waals surface area contributed by atoms with Crippen molar-refractivity contribution >= 4 is 0 Å². The molecule has 2 unspecified atom stereocenters. The van der Waals surface area contributed by atoms with Crippen LogP contribution in [0, 0.1) is 0 Å². The van der Waals surface area contributed by atoms with Gasteiger partial charge in [-0.15, -0.1) is 6.58 Å². The fraction of sp³-hybridized carbons (Fsp3) is 0.857. The van der Waals surface area contributed by atoms with Crippen LogP contribution < -0.4 is 5.32 Å². The molecule has 0 aromatic rings. The predicted octanol–water partition coefficient (Wildman–Crippen LogP) is 2.04. The van der Waals surface area contributed by atoms with E-state index in [0.29, 0.717) is 12.1 Å². The Hall–Kier alpha value is -0.380. The lowest BCUT2D eigenvalue weighted by Crippen LogP contribution is -2.52. The van der Waals surface area contributed by atoms with Gasteiger partial charge in [0.1, 0.15) is 0 Å². The van der Waals surface area contributed by atoms with E-state index in [9.17, 15) is 0 Å². The molecule has 1 heterocycles. The SMILES string of the molecule is C=C(C)CC(NCCC)C1CN(CC)CCO1. The third-order valence-corrected chi connectivity index (χ3v) is 3.30. The average molecular weight is 240 g/mol. The first-order valence-electron chi connectivity index (χ1n) is 6.89. The first-order chi connectivity index (χ1) is 8.17. The Balaban J connectivity index is 2.51. The second-order valence-electron chi connectivity index (χ2n) is 5.02. The largest absolute Gasteiger partial charge is 0.374 e. The molecule has 1 saturated heterocycles. The minimum atomic E-state index is 0.312. The van der Waals surface area contributed by atoms with Crippen LogP contribution in [0.1, 0.15) is 33.6 Å². The van der Waals surface area contributed by atoms with Crippen molar-refractivity contribution < 1.29 is 4.74 Å². The second kappa shape index (κ2) is 7.85. The molecule has 0 aromatic carbocycles. The van der Waals surface area contributed by atoms with Gasteiger partial charge in [-0.2, -0.15) is 0 Å². The van der Waals surface area contributed by atoms with Crippen LogP contribution >= 0.6 is 0 Å². The standard InChI is InChI=1S/C14H28N2O/c1-5-7-15-13(10-12(3)4)14-11-16(6-2)8-9-17-14/h13-15H,3,5-11H2,1-2,4H3. The summed E-state index contributed by atoms with van der Waals surface area (Å²) in [5.41, 5.74) is 1.23. The van der Waals surface area contributed by atoms with E-state index in [2.05, 4.69) is 37.6 Å². The zero-order valence-electron chi connectivity index (χ0n) is 11.7. The van der Waals surface area contributed by atoms with Gasteiger partial charge in [-0.1, -0.05) is 19.4 Å². The van der Waals surface area contributed by atoms with Crippen LogP contribution in [0.2, 0.25) is 0 Å². The molecule has 0 spiro atoms. The van der Waals surface area contributed by atoms with E-state index in [1.165, 1.54) is 5.57 Å². The molecule has 0 aromatic heterocycles. The van der Waals surface area contributed by atoms with Crippen molar-refractivity contribution in [3.8, 4) is 0 Å². The summed E-state index contributed by atoms with van der Waals surface area (Å²) in [5, 5.41) is 3.60. The van der Waals surface area contributed by atoms with Crippen LogP contribution in [0.3, 0.4) is 0 Å². The molecule has 1 rings (SSSR count). The van der Waals surface area contributed by atoms with Gasteiger partial charge in [0.15, 0.2) is 0 Å². The van der Waals surface area contributed by atoms with E-state index in [1.807, 2.05) is 0 Å². The van der Waals surface area contributed by atoms with Gasteiger partial charge >= 0.3 is 0 Å². The maximum atomic E-state index is 5.92. The van der Waals surface area contributed by atoms with Crippen LogP contribution in [0.4, 0.5) is 0 Å². The summed E-state index contributed by atoms with van der Waals surface area (Å²) in [6.45, 7) is 15.7. The first-order valence-corrected chi connectivity index (χ1v) is 6.89. The van der Waals surface area contributed by atoms with Crippen molar-refractivity contribution in [2.75, 3.05) is 32.8 Å². The predicted molar refractivity (Wildman–Crippen MR) is 73.4 cm³/mol. The Bertz CT molecular complexity index is 230. The van der Waals surface area contributed by atoms with Crippen molar-refractivity contribution in [2.45, 2.75) is 45.8 Å². The number of hydrogen-bond donors (Lipinski definition) is 1. The number of likely N-dealkylation sites (N-methyl/N-ethyl adjacent to an activating group) is 1. The van der Waals surface area contributed by atoms with Crippen LogP contribution in [0.5, 0.6) is 0 Å². The fourth-order valence-electron chi connectivity index (χ4n) is 2.30. The number of nitrogens with zero attached hydrogens (tertiary/aromatic N) is 1. The Morgan fingerprint density at radius 2 is 2.29 bits per heavy atom. The molecule has 1 aliphatic rings. The zero-order valence-corrected chi connectivity index (χ0v) is 11.7. The average Bonchev–Trinajstić information content (AvgIpc) is 2.34. The molecule has 1 fully saturated rings. The smallest absolute Gasteiger partial charge is 0.0858 e. The van der Waals surface area contributed by atoms with Gasteiger partial charge in [0.2, 0.25) is 0 Å². The molecule has 0 aliphatic carbocycles. The molecule has 0 bridgehead atoms. The quantitative estimate of drug-likeness (QED) is 0.689. The van der Waals surface area contributed by atoms with Crippen molar-refractivity contribution in [2.24, 2.45) is 0 Å². The molecule has 0 radical (unpaired) electrons. The summed E-state index contributed by atoms with van der Waals surface area (Å²) >= 11 is 0. The molecule has 1 aliphatic heterocycles. The van der Waals surface area contributed by atoms with Crippen LogP contribution in [-0.2, 0) is 4.74 Å². The van der Waals surface area contributed by atoms with Gasteiger partial charge in [-0.3, -0.25) is 4.90 Å². The van der Waals surface area contributed by atoms with Gasteiger partial charge in [0.25, 0.3) is 0 Å². The summed E-state index contributed by atoms with van der Waals surface area (Å²) in [6.07, 6.45) is 2.49. The molecule has 100 valence electrons. The van der Waals surface area contributed by atoms with Crippen molar-refractivity contribution in [3.63, 3.8) is 0 Å². The monoisotopic (exact) mass is 240 g/mol. The minimum Gasteiger partial charge on any atom is -0.374 e. The van der Waals surface area contributed by atoms with E-state index in [0.717, 1.165) is 45.6 Å². The van der Waals surface area contributed by atoms with Crippen molar-refractivity contribution in [1.82, 2.24) is 10.2 Å². The number of nitrogens with one attached hydrogen (secondary N) is 1. The highest BCUT2D eigenvalue weighted by Crippen LogP contribution is 2.14. The number of rotatable bonds is 7. The Kier molecular flexibility index (Phi) is 6.78. The summed E-state index contributed by atoms with van der Waals surface area (Å²) in [6, 6.07) is 0.418. The van der Waals surface area contributed by atoms with Crippen molar-refractivity contribution in [1.29, 1.82) is 0 Å². The highest BCUT2D eigenvalue weighted by molar-refractivity contribution is 4.96. The zero-order chi connectivity index (χ0) is 12.7. The fourth-order valence-corrected chi connectivity index (χ4v) is 2.30. The van der Waals surface area contributed by atoms with Gasteiger partial charge in [-0.05, 0) is 32.9 Å². The van der Waals surface area contributed by atoms with Gasteiger partial charge < -0.3 is 10.1 Å². The van der Waals surface area contributed by atoms with E-state index < -0.39 is 0 Å². The number of ether oxygens (including phenoxy) is 1. The van der Waals surface area contributed by atoms with Gasteiger partial charge in [-0.25, -0.2) is 0 Å². The summed E-state index contributed by atoms with van der Waals surface area (Å²) in [7, 11) is 0. The van der Waals surface area contributed by atoms with Crippen LogP contribution in [0.15, 0.2) is 12.2 Å². The molecule has 3 nitrogen and oxygen atoms in total. The van der Waals surface area contributed by atoms with E-state index >= 15 is 0 Å². The number of morpholine rings is 1. The molecule has 1 N–H and O–H groups in total. The molecule has 17 heavy (non-hydrogen) atoms. The summed E-state index contributed by atoms with van der Waals surface area (Å²) in [5.74, 6) is 0. The Labute approximate surface area is 106 Å². The highest BCUT2D eigenvalue weighted by atomic mass is 16.5. The molecule has 2 atom stereocenters. The van der Waals surface area contributed by atoms with E-state index in [-0.39, 0.29) is 0 Å². The normalized spacial score (nSPS) is 23.6. The van der Waals surface area contributed by atoms with Gasteiger partial charge in [0, 0.05) is 19.1 Å². The maximum Gasteiger partial charge on any atom is 0.0858 e. The third-order valence-electron chi connectivity index (χ3n) is 3.30. The van der Waals surface area contributed by atoms with Gasteiger partial charge in [0.05, 0.1) is 12.7 Å². The third kappa shape index (κ3) is 5.19. The Morgan fingerprint density at radius 3 is 2.88 bits per heavy atom. The molecular weight excluding hydrogens is 212 g/mol. The second-order valence-corrected chi connectivity index (χ2v) is 5.02. The lowest BCUT2D eigenvalue weighted by atomic mass is 10.0. The highest BCUT2D eigenvalue weighted by Gasteiger charge is 2.26. The molecule has 0 amide bonds. The number of hydrogen-bond acceptors (Lipinski definition) is 3. The molecule has 3 heteroatoms. The van der Waals surface area contributed by atoms with E-state index in [1.54, 1.807) is 0 Å². The van der Waals surface area contributed by atoms with E-state index in [4.69, 9.17) is 4.74 Å². The van der Waals surface area contributed by atoms with Crippen molar-refractivity contribution in [3.05, 3.63) is 12.2 Å². The molecular formula is C14H28N2O. The summed E-state index contributed by atoms with van der Waals surface area (Å²) < 4.78 is 5.92. The molecule has 0 saturated carbocycles. The van der Waals surface area contributed by atoms with Crippen LogP contribution in [0.25, 0.3) is 0 Å². The maximum absolute atomic E-state index is 5.92. The Morgan fingerprint density at radius 1 is 1.53 bits per heavy atom.